The Morgan fingerprint density at radius 3 is 2.48 bits per heavy atom. The number of methoxy groups -OCH3 is 1. The maximum absolute atomic E-state index is 12.1. The molecule has 0 bridgehead atoms. The van der Waals surface area contributed by atoms with Gasteiger partial charge in [-0.1, -0.05) is 24.6 Å². The highest BCUT2D eigenvalue weighted by molar-refractivity contribution is 5.88. The standard InChI is InChI=1S/C21H26N6O2/c1-4-18-23-20(26-11-9-25(10-12-26)19(28)14-29-3)17-13-22-27(21(17)24-18)16-7-5-15(2)6-8-16/h5-8,13H,4,9-12,14H2,1-3H3. The zero-order valence-electron chi connectivity index (χ0n) is 17.1. The lowest BCUT2D eigenvalue weighted by Crippen LogP contribution is -2.50. The lowest BCUT2D eigenvalue weighted by atomic mass is 10.2. The van der Waals surface area contributed by atoms with Crippen molar-refractivity contribution in [2.75, 3.05) is 44.8 Å². The molecule has 8 heteroatoms. The summed E-state index contributed by atoms with van der Waals surface area (Å²) in [5.74, 6) is 1.71. The van der Waals surface area contributed by atoms with Crippen molar-refractivity contribution >= 4 is 22.8 Å². The van der Waals surface area contributed by atoms with E-state index >= 15 is 0 Å². The third kappa shape index (κ3) is 3.80. The van der Waals surface area contributed by atoms with Crippen molar-refractivity contribution in [1.82, 2.24) is 24.6 Å². The van der Waals surface area contributed by atoms with Crippen LogP contribution in [-0.2, 0) is 16.0 Å². The fourth-order valence-corrected chi connectivity index (χ4v) is 3.59. The zero-order valence-corrected chi connectivity index (χ0v) is 17.1. The zero-order chi connectivity index (χ0) is 20.4. The largest absolute Gasteiger partial charge is 0.375 e. The van der Waals surface area contributed by atoms with E-state index in [0.717, 1.165) is 47.9 Å². The van der Waals surface area contributed by atoms with E-state index in [9.17, 15) is 4.79 Å². The smallest absolute Gasteiger partial charge is 0.248 e. The van der Waals surface area contributed by atoms with E-state index in [-0.39, 0.29) is 12.5 Å². The molecule has 0 saturated carbocycles. The average Bonchev–Trinajstić information content (AvgIpc) is 3.18. The highest BCUT2D eigenvalue weighted by Gasteiger charge is 2.24. The molecule has 1 aliphatic rings. The highest BCUT2D eigenvalue weighted by Crippen LogP contribution is 2.27. The monoisotopic (exact) mass is 394 g/mol. The number of ether oxygens (including phenoxy) is 1. The number of rotatable bonds is 5. The molecule has 1 fully saturated rings. The molecule has 0 spiro atoms. The minimum absolute atomic E-state index is 0.0291. The number of amides is 1. The first-order valence-electron chi connectivity index (χ1n) is 9.94. The number of carbonyl (C=O) groups excluding carboxylic acids is 1. The van der Waals surface area contributed by atoms with Gasteiger partial charge in [-0.05, 0) is 19.1 Å². The van der Waals surface area contributed by atoms with Crippen LogP contribution in [0.4, 0.5) is 5.82 Å². The van der Waals surface area contributed by atoms with Crippen LogP contribution in [0.15, 0.2) is 30.5 Å². The van der Waals surface area contributed by atoms with Crippen molar-refractivity contribution in [2.45, 2.75) is 20.3 Å². The number of piperazine rings is 1. The molecule has 29 heavy (non-hydrogen) atoms. The Balaban J connectivity index is 1.67. The minimum Gasteiger partial charge on any atom is -0.375 e. The summed E-state index contributed by atoms with van der Waals surface area (Å²) in [4.78, 5) is 25.7. The molecule has 3 aromatic rings. The van der Waals surface area contributed by atoms with Crippen LogP contribution in [-0.4, -0.2) is 70.5 Å². The first-order valence-corrected chi connectivity index (χ1v) is 9.94. The highest BCUT2D eigenvalue weighted by atomic mass is 16.5. The van der Waals surface area contributed by atoms with E-state index in [0.29, 0.717) is 13.1 Å². The fraction of sp³-hybridized carbons (Fsp3) is 0.429. The molecule has 1 saturated heterocycles. The number of carbonyl (C=O) groups is 1. The van der Waals surface area contributed by atoms with Crippen LogP contribution < -0.4 is 4.90 Å². The summed E-state index contributed by atoms with van der Waals surface area (Å²) in [5.41, 5.74) is 3.00. The van der Waals surface area contributed by atoms with Gasteiger partial charge in [-0.25, -0.2) is 14.6 Å². The Kier molecular flexibility index (Phi) is 5.44. The van der Waals surface area contributed by atoms with Gasteiger partial charge in [0.2, 0.25) is 5.91 Å². The van der Waals surface area contributed by atoms with Gasteiger partial charge in [0.05, 0.1) is 17.3 Å². The summed E-state index contributed by atoms with van der Waals surface area (Å²) >= 11 is 0. The first kappa shape index (κ1) is 19.3. The fourth-order valence-electron chi connectivity index (χ4n) is 3.59. The predicted octanol–water partition coefficient (Wildman–Crippen LogP) is 1.98. The molecule has 8 nitrogen and oxygen atoms in total. The molecule has 0 N–H and O–H groups in total. The van der Waals surface area contributed by atoms with Crippen molar-refractivity contribution in [1.29, 1.82) is 0 Å². The number of nitrogens with zero attached hydrogens (tertiary/aromatic N) is 6. The summed E-state index contributed by atoms with van der Waals surface area (Å²) in [6.07, 6.45) is 2.58. The van der Waals surface area contributed by atoms with E-state index in [1.165, 1.54) is 5.56 Å². The van der Waals surface area contributed by atoms with Gasteiger partial charge in [0.1, 0.15) is 18.2 Å². The van der Waals surface area contributed by atoms with Gasteiger partial charge in [-0.3, -0.25) is 4.79 Å². The minimum atomic E-state index is 0.0291. The van der Waals surface area contributed by atoms with Gasteiger partial charge in [0.15, 0.2) is 5.65 Å². The number of anilines is 1. The Bertz CT molecular complexity index is 1010. The Morgan fingerprint density at radius 2 is 1.83 bits per heavy atom. The molecule has 2 aromatic heterocycles. The SMILES string of the molecule is CCc1nc(N2CCN(C(=O)COC)CC2)c2cnn(-c3ccc(C)cc3)c2n1. The second kappa shape index (κ2) is 8.16. The molecular weight excluding hydrogens is 368 g/mol. The molecule has 1 amide bonds. The number of hydrogen-bond donors (Lipinski definition) is 0. The topological polar surface area (TPSA) is 76.4 Å². The van der Waals surface area contributed by atoms with Crippen molar-refractivity contribution in [2.24, 2.45) is 0 Å². The molecule has 1 aromatic carbocycles. The van der Waals surface area contributed by atoms with Crippen LogP contribution in [0.2, 0.25) is 0 Å². The molecular formula is C21H26N6O2. The third-order valence-electron chi connectivity index (χ3n) is 5.25. The van der Waals surface area contributed by atoms with Gasteiger partial charge in [-0.2, -0.15) is 5.10 Å². The first-order chi connectivity index (χ1) is 14.1. The van der Waals surface area contributed by atoms with Crippen molar-refractivity contribution < 1.29 is 9.53 Å². The quantitative estimate of drug-likeness (QED) is 0.659. The van der Waals surface area contributed by atoms with Gasteiger partial charge in [0, 0.05) is 39.7 Å². The average molecular weight is 394 g/mol. The number of aromatic nitrogens is 4. The second-order valence-corrected chi connectivity index (χ2v) is 7.25. The molecule has 0 radical (unpaired) electrons. The van der Waals surface area contributed by atoms with Crippen LogP contribution in [0.3, 0.4) is 0 Å². The third-order valence-corrected chi connectivity index (χ3v) is 5.25. The summed E-state index contributed by atoms with van der Waals surface area (Å²) in [6, 6.07) is 8.24. The summed E-state index contributed by atoms with van der Waals surface area (Å²) < 4.78 is 6.84. The van der Waals surface area contributed by atoms with Crippen molar-refractivity contribution in [3.8, 4) is 5.69 Å². The second-order valence-electron chi connectivity index (χ2n) is 7.25. The van der Waals surface area contributed by atoms with Gasteiger partial charge >= 0.3 is 0 Å². The maximum atomic E-state index is 12.1. The Labute approximate surface area is 170 Å². The van der Waals surface area contributed by atoms with Crippen LogP contribution >= 0.6 is 0 Å². The van der Waals surface area contributed by atoms with E-state index < -0.39 is 0 Å². The van der Waals surface area contributed by atoms with Crippen LogP contribution in [0.1, 0.15) is 18.3 Å². The van der Waals surface area contributed by atoms with Crippen molar-refractivity contribution in [3.05, 3.63) is 41.9 Å². The lowest BCUT2D eigenvalue weighted by Gasteiger charge is -2.35. The number of fused-ring (bicyclic) bond motifs is 1. The maximum Gasteiger partial charge on any atom is 0.248 e. The molecule has 152 valence electrons. The Hall–Kier alpha value is -3.00. The summed E-state index contributed by atoms with van der Waals surface area (Å²) in [7, 11) is 1.55. The Morgan fingerprint density at radius 1 is 1.10 bits per heavy atom. The summed E-state index contributed by atoms with van der Waals surface area (Å²) in [5, 5.41) is 5.53. The molecule has 4 rings (SSSR count). The van der Waals surface area contributed by atoms with E-state index in [1.54, 1.807) is 7.11 Å². The van der Waals surface area contributed by atoms with Crippen LogP contribution in [0.5, 0.6) is 0 Å². The normalized spacial score (nSPS) is 14.6. The van der Waals surface area contributed by atoms with Crippen molar-refractivity contribution in [3.63, 3.8) is 0 Å². The molecule has 0 aliphatic carbocycles. The van der Waals surface area contributed by atoms with Crippen LogP contribution in [0, 0.1) is 6.92 Å². The van der Waals surface area contributed by atoms with E-state index in [2.05, 4.69) is 48.1 Å². The predicted molar refractivity (Wildman–Crippen MR) is 111 cm³/mol. The van der Waals surface area contributed by atoms with Gasteiger partial charge < -0.3 is 14.5 Å². The van der Waals surface area contributed by atoms with Crippen LogP contribution in [0.25, 0.3) is 16.7 Å². The van der Waals surface area contributed by atoms with E-state index in [1.807, 2.05) is 15.8 Å². The number of aryl methyl sites for hydroxylation is 2. The molecule has 1 aliphatic heterocycles. The number of hydrogen-bond acceptors (Lipinski definition) is 6. The number of benzene rings is 1. The lowest BCUT2D eigenvalue weighted by molar-refractivity contribution is -0.135. The molecule has 0 atom stereocenters. The van der Waals surface area contributed by atoms with Gasteiger partial charge in [-0.15, -0.1) is 0 Å². The molecule has 3 heterocycles. The summed E-state index contributed by atoms with van der Waals surface area (Å²) in [6.45, 7) is 7.00. The molecule has 0 unspecified atom stereocenters. The van der Waals surface area contributed by atoms with Gasteiger partial charge in [0.25, 0.3) is 0 Å². The van der Waals surface area contributed by atoms with E-state index in [4.69, 9.17) is 14.7 Å².